The van der Waals surface area contributed by atoms with Crippen molar-refractivity contribution in [3.8, 4) is 0 Å². The second-order valence-electron chi connectivity index (χ2n) is 6.53. The summed E-state index contributed by atoms with van der Waals surface area (Å²) >= 11 is 0. The SMILES string of the molecule is CC(CCc1ccccc1)NC1CCCC1(C)C. The summed E-state index contributed by atoms with van der Waals surface area (Å²) < 4.78 is 0. The molecule has 0 amide bonds. The summed E-state index contributed by atoms with van der Waals surface area (Å²) in [4.78, 5) is 0. The normalized spacial score (nSPS) is 24.1. The Balaban J connectivity index is 1.77. The molecule has 2 rings (SSSR count). The van der Waals surface area contributed by atoms with Gasteiger partial charge in [0.25, 0.3) is 0 Å². The molecular weight excluding hydrogens is 218 g/mol. The quantitative estimate of drug-likeness (QED) is 0.820. The van der Waals surface area contributed by atoms with Crippen LogP contribution in [0.5, 0.6) is 0 Å². The summed E-state index contributed by atoms with van der Waals surface area (Å²) in [6.45, 7) is 7.14. The summed E-state index contributed by atoms with van der Waals surface area (Å²) in [5.74, 6) is 0. The van der Waals surface area contributed by atoms with Gasteiger partial charge >= 0.3 is 0 Å². The van der Waals surface area contributed by atoms with E-state index in [1.807, 2.05) is 0 Å². The van der Waals surface area contributed by atoms with Crippen molar-refractivity contribution in [2.24, 2.45) is 5.41 Å². The molecule has 0 aliphatic heterocycles. The molecule has 0 radical (unpaired) electrons. The first-order valence-corrected chi connectivity index (χ1v) is 7.38. The van der Waals surface area contributed by atoms with Crippen LogP contribution in [-0.2, 0) is 6.42 Å². The molecule has 0 saturated heterocycles. The summed E-state index contributed by atoms with van der Waals surface area (Å²) in [5, 5.41) is 3.84. The van der Waals surface area contributed by atoms with E-state index in [2.05, 4.69) is 56.4 Å². The molecule has 0 spiro atoms. The van der Waals surface area contributed by atoms with Crippen molar-refractivity contribution in [2.75, 3.05) is 0 Å². The van der Waals surface area contributed by atoms with Gasteiger partial charge in [-0.2, -0.15) is 0 Å². The van der Waals surface area contributed by atoms with Crippen LogP contribution in [0.1, 0.15) is 52.0 Å². The zero-order valence-electron chi connectivity index (χ0n) is 12.1. The van der Waals surface area contributed by atoms with Crippen LogP contribution in [-0.4, -0.2) is 12.1 Å². The Bertz CT molecular complexity index is 355. The van der Waals surface area contributed by atoms with Crippen LogP contribution < -0.4 is 5.32 Å². The van der Waals surface area contributed by atoms with Crippen molar-refractivity contribution in [3.05, 3.63) is 35.9 Å². The molecule has 1 aliphatic rings. The Labute approximate surface area is 112 Å². The van der Waals surface area contributed by atoms with Gasteiger partial charge < -0.3 is 5.32 Å². The van der Waals surface area contributed by atoms with Gasteiger partial charge in [0.2, 0.25) is 0 Å². The lowest BCUT2D eigenvalue weighted by Crippen LogP contribution is -2.42. The second kappa shape index (κ2) is 5.88. The lowest BCUT2D eigenvalue weighted by atomic mass is 9.87. The number of hydrogen-bond acceptors (Lipinski definition) is 1. The van der Waals surface area contributed by atoms with Gasteiger partial charge in [-0.05, 0) is 43.6 Å². The maximum absolute atomic E-state index is 3.84. The first-order valence-electron chi connectivity index (χ1n) is 7.38. The van der Waals surface area contributed by atoms with E-state index in [1.54, 1.807) is 0 Å². The van der Waals surface area contributed by atoms with Crippen molar-refractivity contribution in [3.63, 3.8) is 0 Å². The molecule has 1 nitrogen and oxygen atoms in total. The van der Waals surface area contributed by atoms with Gasteiger partial charge in [-0.25, -0.2) is 0 Å². The number of benzene rings is 1. The van der Waals surface area contributed by atoms with Crippen LogP contribution in [0, 0.1) is 5.41 Å². The van der Waals surface area contributed by atoms with Crippen LogP contribution >= 0.6 is 0 Å². The Hall–Kier alpha value is -0.820. The van der Waals surface area contributed by atoms with E-state index in [-0.39, 0.29) is 0 Å². The van der Waals surface area contributed by atoms with E-state index in [0.717, 1.165) is 0 Å². The molecular formula is C17H27N. The Kier molecular flexibility index (Phi) is 4.45. The van der Waals surface area contributed by atoms with Crippen molar-refractivity contribution >= 4 is 0 Å². The van der Waals surface area contributed by atoms with E-state index < -0.39 is 0 Å². The minimum absolute atomic E-state index is 0.487. The number of hydrogen-bond donors (Lipinski definition) is 1. The van der Waals surface area contributed by atoms with Gasteiger partial charge in [0.1, 0.15) is 0 Å². The van der Waals surface area contributed by atoms with Crippen LogP contribution in [0.2, 0.25) is 0 Å². The maximum Gasteiger partial charge on any atom is 0.0121 e. The summed E-state index contributed by atoms with van der Waals surface area (Å²) in [6, 6.07) is 12.1. The first-order chi connectivity index (χ1) is 8.58. The van der Waals surface area contributed by atoms with Gasteiger partial charge in [-0.1, -0.05) is 50.6 Å². The molecule has 1 N–H and O–H groups in total. The van der Waals surface area contributed by atoms with Gasteiger partial charge in [-0.3, -0.25) is 0 Å². The average Bonchev–Trinajstić information content (AvgIpc) is 2.68. The third-order valence-electron chi connectivity index (χ3n) is 4.45. The Morgan fingerprint density at radius 1 is 1.28 bits per heavy atom. The molecule has 1 aromatic rings. The standard InChI is InChI=1S/C17H27N/c1-14(11-12-15-8-5-4-6-9-15)18-16-10-7-13-17(16,2)3/h4-6,8-9,14,16,18H,7,10-13H2,1-3H3. The zero-order valence-corrected chi connectivity index (χ0v) is 12.1. The van der Waals surface area contributed by atoms with Crippen molar-refractivity contribution in [1.82, 2.24) is 5.32 Å². The largest absolute Gasteiger partial charge is 0.311 e. The number of nitrogens with one attached hydrogen (secondary N) is 1. The lowest BCUT2D eigenvalue weighted by molar-refractivity contribution is 0.261. The van der Waals surface area contributed by atoms with Crippen LogP contribution in [0.3, 0.4) is 0 Å². The fraction of sp³-hybridized carbons (Fsp3) is 0.647. The summed E-state index contributed by atoms with van der Waals surface area (Å²) in [6.07, 6.45) is 6.52. The number of rotatable bonds is 5. The van der Waals surface area contributed by atoms with Gasteiger partial charge in [0.15, 0.2) is 0 Å². The van der Waals surface area contributed by atoms with Crippen LogP contribution in [0.4, 0.5) is 0 Å². The Morgan fingerprint density at radius 2 is 2.00 bits per heavy atom. The van der Waals surface area contributed by atoms with E-state index in [1.165, 1.54) is 37.7 Å². The van der Waals surface area contributed by atoms with Gasteiger partial charge in [-0.15, -0.1) is 0 Å². The molecule has 1 saturated carbocycles. The average molecular weight is 245 g/mol. The van der Waals surface area contributed by atoms with Crippen LogP contribution in [0.15, 0.2) is 30.3 Å². The third kappa shape index (κ3) is 3.58. The lowest BCUT2D eigenvalue weighted by Gasteiger charge is -2.31. The molecule has 1 heteroatoms. The minimum atomic E-state index is 0.487. The van der Waals surface area contributed by atoms with Crippen molar-refractivity contribution < 1.29 is 0 Å². The molecule has 1 aromatic carbocycles. The zero-order chi connectivity index (χ0) is 13.0. The van der Waals surface area contributed by atoms with Gasteiger partial charge in [0.05, 0.1) is 0 Å². The van der Waals surface area contributed by atoms with E-state index >= 15 is 0 Å². The molecule has 0 aromatic heterocycles. The summed E-state index contributed by atoms with van der Waals surface area (Å²) in [7, 11) is 0. The molecule has 0 heterocycles. The smallest absolute Gasteiger partial charge is 0.0121 e. The molecule has 2 unspecified atom stereocenters. The van der Waals surface area contributed by atoms with Crippen molar-refractivity contribution in [2.45, 2.75) is 65.0 Å². The highest BCUT2D eigenvalue weighted by Crippen LogP contribution is 2.37. The highest BCUT2D eigenvalue weighted by Gasteiger charge is 2.34. The van der Waals surface area contributed by atoms with Crippen LogP contribution in [0.25, 0.3) is 0 Å². The minimum Gasteiger partial charge on any atom is -0.311 e. The predicted octanol–water partition coefficient (Wildman–Crippen LogP) is 4.18. The molecule has 0 bridgehead atoms. The fourth-order valence-corrected chi connectivity index (χ4v) is 3.09. The second-order valence-corrected chi connectivity index (χ2v) is 6.53. The van der Waals surface area contributed by atoms with E-state index in [4.69, 9.17) is 0 Å². The first kappa shape index (κ1) is 13.6. The predicted molar refractivity (Wildman–Crippen MR) is 78.8 cm³/mol. The highest BCUT2D eigenvalue weighted by atomic mass is 15.0. The molecule has 100 valence electrons. The fourth-order valence-electron chi connectivity index (χ4n) is 3.09. The van der Waals surface area contributed by atoms with E-state index in [0.29, 0.717) is 17.5 Å². The molecule has 1 fully saturated rings. The molecule has 1 aliphatic carbocycles. The third-order valence-corrected chi connectivity index (χ3v) is 4.45. The maximum atomic E-state index is 3.84. The van der Waals surface area contributed by atoms with Gasteiger partial charge in [0, 0.05) is 12.1 Å². The molecule has 2 atom stereocenters. The molecule has 18 heavy (non-hydrogen) atoms. The topological polar surface area (TPSA) is 12.0 Å². The summed E-state index contributed by atoms with van der Waals surface area (Å²) in [5.41, 5.74) is 1.94. The highest BCUT2D eigenvalue weighted by molar-refractivity contribution is 5.14. The van der Waals surface area contributed by atoms with E-state index in [9.17, 15) is 0 Å². The van der Waals surface area contributed by atoms with Crippen molar-refractivity contribution in [1.29, 1.82) is 0 Å². The Morgan fingerprint density at radius 3 is 2.61 bits per heavy atom. The monoisotopic (exact) mass is 245 g/mol. The number of aryl methyl sites for hydroxylation is 1.